The fourth-order valence-corrected chi connectivity index (χ4v) is 3.99. The normalized spacial score (nSPS) is 17.0. The molecule has 0 radical (unpaired) electrons. The van der Waals surface area contributed by atoms with Crippen molar-refractivity contribution in [2.24, 2.45) is 0 Å². The van der Waals surface area contributed by atoms with E-state index < -0.39 is 10.0 Å². The van der Waals surface area contributed by atoms with Crippen LogP contribution in [-0.4, -0.2) is 44.7 Å². The minimum absolute atomic E-state index is 0.276. The second-order valence-corrected chi connectivity index (χ2v) is 7.59. The summed E-state index contributed by atoms with van der Waals surface area (Å²) in [5, 5.41) is 11.7. The number of nitrogens with zero attached hydrogens (tertiary/aromatic N) is 2. The van der Waals surface area contributed by atoms with Gasteiger partial charge in [0, 0.05) is 32.6 Å². The van der Waals surface area contributed by atoms with Crippen LogP contribution in [0.25, 0.3) is 0 Å². The predicted molar refractivity (Wildman–Crippen MR) is 88.5 cm³/mol. The minimum Gasteiger partial charge on any atom is -0.494 e. The molecule has 1 N–H and O–H groups in total. The number of nitriles is 1. The summed E-state index contributed by atoms with van der Waals surface area (Å²) in [7, 11) is -3.00. The van der Waals surface area contributed by atoms with E-state index in [4.69, 9.17) is 10.00 Å². The van der Waals surface area contributed by atoms with Crippen molar-refractivity contribution in [3.8, 4) is 11.8 Å². The van der Waals surface area contributed by atoms with Gasteiger partial charge in [0.1, 0.15) is 5.75 Å². The number of rotatable bonds is 9. The van der Waals surface area contributed by atoms with Crippen LogP contribution >= 0.6 is 0 Å². The van der Waals surface area contributed by atoms with E-state index >= 15 is 0 Å². The molecule has 0 aromatic heterocycles. The zero-order chi connectivity index (χ0) is 16.5. The summed E-state index contributed by atoms with van der Waals surface area (Å²) in [6.45, 7) is 3.00. The summed E-state index contributed by atoms with van der Waals surface area (Å²) in [5.41, 5.74) is 1.09. The molecule has 0 bridgehead atoms. The Labute approximate surface area is 138 Å². The first-order valence-corrected chi connectivity index (χ1v) is 9.50. The molecule has 1 fully saturated rings. The molecule has 1 heterocycles. The third-order valence-corrected chi connectivity index (χ3v) is 5.63. The molecule has 0 spiro atoms. The second-order valence-electron chi connectivity index (χ2n) is 5.50. The van der Waals surface area contributed by atoms with Crippen molar-refractivity contribution in [3.63, 3.8) is 0 Å². The Bertz CT molecular complexity index is 640. The lowest BCUT2D eigenvalue weighted by atomic mass is 10.2. The fourth-order valence-electron chi connectivity index (χ4n) is 2.47. The van der Waals surface area contributed by atoms with Gasteiger partial charge in [0.15, 0.2) is 0 Å². The van der Waals surface area contributed by atoms with E-state index in [9.17, 15) is 8.42 Å². The lowest BCUT2D eigenvalue weighted by Gasteiger charge is -2.14. The molecule has 6 nitrogen and oxygen atoms in total. The maximum absolute atomic E-state index is 11.7. The molecule has 1 aromatic carbocycles. The molecule has 1 aromatic rings. The van der Waals surface area contributed by atoms with E-state index in [2.05, 4.69) is 11.4 Å². The van der Waals surface area contributed by atoms with Crippen molar-refractivity contribution in [3.05, 3.63) is 29.8 Å². The molecule has 0 aliphatic carbocycles. The Kier molecular flexibility index (Phi) is 6.84. The van der Waals surface area contributed by atoms with Crippen molar-refractivity contribution < 1.29 is 13.2 Å². The van der Waals surface area contributed by atoms with Crippen LogP contribution in [0.1, 0.15) is 24.8 Å². The molecule has 23 heavy (non-hydrogen) atoms. The number of nitrogens with one attached hydrogen (secondary N) is 1. The van der Waals surface area contributed by atoms with E-state index in [1.807, 2.05) is 24.3 Å². The van der Waals surface area contributed by atoms with Gasteiger partial charge in [-0.2, -0.15) is 5.26 Å². The lowest BCUT2D eigenvalue weighted by molar-refractivity contribution is 0.312. The Hall–Kier alpha value is -1.62. The fraction of sp³-hybridized carbons (Fsp3) is 0.562. The van der Waals surface area contributed by atoms with Crippen molar-refractivity contribution in [2.45, 2.75) is 25.8 Å². The van der Waals surface area contributed by atoms with Crippen LogP contribution in [-0.2, 0) is 16.6 Å². The predicted octanol–water partition coefficient (Wildman–Crippen LogP) is 1.49. The van der Waals surface area contributed by atoms with Gasteiger partial charge >= 0.3 is 0 Å². The summed E-state index contributed by atoms with van der Waals surface area (Å²) in [4.78, 5) is 0. The molecule has 2 rings (SSSR count). The highest BCUT2D eigenvalue weighted by Gasteiger charge is 2.27. The van der Waals surface area contributed by atoms with Crippen LogP contribution in [0.4, 0.5) is 0 Å². The van der Waals surface area contributed by atoms with E-state index in [0.29, 0.717) is 39.2 Å². The summed E-state index contributed by atoms with van der Waals surface area (Å²) in [6.07, 6.45) is 1.96. The van der Waals surface area contributed by atoms with E-state index in [0.717, 1.165) is 24.2 Å². The standard InChI is InChI=1S/C16H23N3O3S/c17-7-1-2-11-22-16-6-3-5-15(13-16)14-18-8-10-19-9-4-12-23(19,20)21/h3,5-6,13,18H,1-2,4,8-12,14H2. The van der Waals surface area contributed by atoms with Gasteiger partial charge in [0.05, 0.1) is 18.4 Å². The maximum atomic E-state index is 11.7. The van der Waals surface area contributed by atoms with Gasteiger partial charge in [-0.15, -0.1) is 0 Å². The van der Waals surface area contributed by atoms with Gasteiger partial charge in [-0.05, 0) is 30.5 Å². The van der Waals surface area contributed by atoms with Gasteiger partial charge < -0.3 is 10.1 Å². The molecule has 1 aliphatic heterocycles. The smallest absolute Gasteiger partial charge is 0.214 e. The molecule has 0 amide bonds. The Balaban J connectivity index is 1.70. The number of ether oxygens (including phenoxy) is 1. The highest BCUT2D eigenvalue weighted by Crippen LogP contribution is 2.14. The number of benzene rings is 1. The molecule has 126 valence electrons. The first-order valence-electron chi connectivity index (χ1n) is 7.89. The monoisotopic (exact) mass is 337 g/mol. The first kappa shape index (κ1) is 17.7. The third kappa shape index (κ3) is 5.82. The second kappa shape index (κ2) is 8.87. The number of hydrogen-bond acceptors (Lipinski definition) is 5. The minimum atomic E-state index is -3.00. The van der Waals surface area contributed by atoms with E-state index in [1.54, 1.807) is 4.31 Å². The summed E-state index contributed by atoms with van der Waals surface area (Å²) < 4.78 is 30.5. The van der Waals surface area contributed by atoms with Gasteiger partial charge in [-0.3, -0.25) is 0 Å². The molecule has 1 saturated heterocycles. The van der Waals surface area contributed by atoms with Crippen molar-refractivity contribution >= 4 is 10.0 Å². The number of hydrogen-bond donors (Lipinski definition) is 1. The Morgan fingerprint density at radius 2 is 2.26 bits per heavy atom. The van der Waals surface area contributed by atoms with Crippen LogP contribution < -0.4 is 10.1 Å². The molecule has 0 unspecified atom stereocenters. The summed E-state index contributed by atoms with van der Waals surface area (Å²) in [6, 6.07) is 9.89. The van der Waals surface area contributed by atoms with Crippen molar-refractivity contribution in [1.29, 1.82) is 5.26 Å². The van der Waals surface area contributed by atoms with E-state index in [-0.39, 0.29) is 5.75 Å². The first-order chi connectivity index (χ1) is 11.1. The quantitative estimate of drug-likeness (QED) is 0.691. The zero-order valence-corrected chi connectivity index (χ0v) is 14.0. The average molecular weight is 337 g/mol. The van der Waals surface area contributed by atoms with Crippen LogP contribution in [0.2, 0.25) is 0 Å². The van der Waals surface area contributed by atoms with Crippen LogP contribution in [0.5, 0.6) is 5.75 Å². The van der Waals surface area contributed by atoms with Crippen LogP contribution in [0.15, 0.2) is 24.3 Å². The van der Waals surface area contributed by atoms with Crippen molar-refractivity contribution in [1.82, 2.24) is 9.62 Å². The van der Waals surface area contributed by atoms with Crippen molar-refractivity contribution in [2.75, 3.05) is 32.0 Å². The molecule has 0 atom stereocenters. The van der Waals surface area contributed by atoms with Gasteiger partial charge in [0.25, 0.3) is 0 Å². The summed E-state index contributed by atoms with van der Waals surface area (Å²) in [5.74, 6) is 1.07. The molecular weight excluding hydrogens is 314 g/mol. The SMILES string of the molecule is N#CCCCOc1cccc(CNCCN2CCCS2(=O)=O)c1. The average Bonchev–Trinajstić information content (AvgIpc) is 2.87. The Morgan fingerprint density at radius 1 is 1.39 bits per heavy atom. The highest BCUT2D eigenvalue weighted by molar-refractivity contribution is 7.89. The highest BCUT2D eigenvalue weighted by atomic mass is 32.2. The van der Waals surface area contributed by atoms with Gasteiger partial charge in [-0.25, -0.2) is 12.7 Å². The topological polar surface area (TPSA) is 82.4 Å². The lowest BCUT2D eigenvalue weighted by Crippen LogP contribution is -2.33. The van der Waals surface area contributed by atoms with Gasteiger partial charge in [0.2, 0.25) is 10.0 Å². The molecular formula is C16H23N3O3S. The third-order valence-electron chi connectivity index (χ3n) is 3.67. The zero-order valence-electron chi connectivity index (χ0n) is 13.2. The maximum Gasteiger partial charge on any atom is 0.214 e. The van der Waals surface area contributed by atoms with Gasteiger partial charge in [-0.1, -0.05) is 12.1 Å². The van der Waals surface area contributed by atoms with Crippen LogP contribution in [0.3, 0.4) is 0 Å². The van der Waals surface area contributed by atoms with Crippen LogP contribution in [0, 0.1) is 11.3 Å². The number of sulfonamides is 1. The van der Waals surface area contributed by atoms with E-state index in [1.165, 1.54) is 0 Å². The Morgan fingerprint density at radius 3 is 3.00 bits per heavy atom. The summed E-state index contributed by atoms with van der Waals surface area (Å²) >= 11 is 0. The number of unbranched alkanes of at least 4 members (excludes halogenated alkanes) is 1. The molecule has 0 saturated carbocycles. The largest absolute Gasteiger partial charge is 0.494 e. The molecule has 7 heteroatoms. The molecule has 1 aliphatic rings.